The number of carbonyl (C=O) groups excluding carboxylic acids is 1. The first-order chi connectivity index (χ1) is 12.7. The van der Waals surface area contributed by atoms with Crippen LogP contribution in [0.4, 0.5) is 0 Å². The summed E-state index contributed by atoms with van der Waals surface area (Å²) in [5, 5.41) is 4.00. The van der Waals surface area contributed by atoms with Gasteiger partial charge in [0.1, 0.15) is 0 Å². The zero-order chi connectivity index (χ0) is 17.7. The second kappa shape index (κ2) is 6.77. The Labute approximate surface area is 159 Å². The smallest absolute Gasteiger partial charge is 0.219 e. The van der Waals surface area contributed by atoms with Gasteiger partial charge in [0.15, 0.2) is 0 Å². The molecule has 0 aromatic heterocycles. The van der Waals surface area contributed by atoms with Crippen molar-refractivity contribution in [3.63, 3.8) is 0 Å². The van der Waals surface area contributed by atoms with Crippen molar-refractivity contribution in [2.45, 2.75) is 89.3 Å². The first-order valence-corrected chi connectivity index (χ1v) is 11.4. The van der Waals surface area contributed by atoms with E-state index >= 15 is 0 Å². The van der Waals surface area contributed by atoms with E-state index in [0.29, 0.717) is 23.4 Å². The minimum Gasteiger partial charge on any atom is -0.339 e. The van der Waals surface area contributed by atoms with Crippen LogP contribution >= 0.6 is 0 Å². The monoisotopic (exact) mass is 359 g/mol. The Kier molecular flexibility index (Phi) is 4.55. The molecule has 0 aromatic carbocycles. The molecule has 4 aliphatic heterocycles. The summed E-state index contributed by atoms with van der Waals surface area (Å²) in [6, 6.07) is 1.95. The van der Waals surface area contributed by atoms with Gasteiger partial charge in [0.05, 0.1) is 0 Å². The van der Waals surface area contributed by atoms with Crippen molar-refractivity contribution in [3.05, 3.63) is 0 Å². The van der Waals surface area contributed by atoms with Crippen molar-refractivity contribution >= 4 is 5.91 Å². The molecule has 6 atom stereocenters. The van der Waals surface area contributed by atoms with E-state index in [4.69, 9.17) is 0 Å². The van der Waals surface area contributed by atoms with Crippen molar-refractivity contribution in [2.24, 2.45) is 17.3 Å². The molecule has 1 saturated carbocycles. The third kappa shape index (κ3) is 2.66. The molecule has 5 aliphatic rings. The number of carbonyl (C=O) groups is 1. The van der Waals surface area contributed by atoms with Gasteiger partial charge in [-0.1, -0.05) is 6.42 Å². The summed E-state index contributed by atoms with van der Waals surface area (Å²) in [5.41, 5.74) is 0.300. The second-order valence-corrected chi connectivity index (χ2v) is 10.0. The first-order valence-electron chi connectivity index (χ1n) is 11.4. The minimum absolute atomic E-state index is 0.300. The molecule has 1 aliphatic carbocycles. The van der Waals surface area contributed by atoms with E-state index in [9.17, 15) is 4.79 Å². The van der Waals surface area contributed by atoms with Gasteiger partial charge in [0.25, 0.3) is 0 Å². The van der Waals surface area contributed by atoms with Gasteiger partial charge in [-0.15, -0.1) is 0 Å². The van der Waals surface area contributed by atoms with E-state index in [1.807, 2.05) is 6.92 Å². The molecule has 4 saturated heterocycles. The Morgan fingerprint density at radius 2 is 1.85 bits per heavy atom. The predicted octanol–water partition coefficient (Wildman–Crippen LogP) is 3.02. The van der Waals surface area contributed by atoms with E-state index in [-0.39, 0.29) is 0 Å². The van der Waals surface area contributed by atoms with Crippen LogP contribution in [0.5, 0.6) is 0 Å². The molecular weight excluding hydrogens is 322 g/mol. The number of piperidine rings is 4. The molecule has 26 heavy (non-hydrogen) atoms. The van der Waals surface area contributed by atoms with Crippen LogP contribution in [0.15, 0.2) is 0 Å². The van der Waals surface area contributed by atoms with Gasteiger partial charge in [-0.05, 0) is 82.7 Å². The first kappa shape index (κ1) is 17.5. The molecule has 4 heterocycles. The van der Waals surface area contributed by atoms with Crippen molar-refractivity contribution in [2.75, 3.05) is 26.2 Å². The third-order valence-electron chi connectivity index (χ3n) is 8.73. The minimum atomic E-state index is 0.300. The Morgan fingerprint density at radius 1 is 1.00 bits per heavy atom. The number of amides is 1. The number of hydrogen-bond donors (Lipinski definition) is 1. The summed E-state index contributed by atoms with van der Waals surface area (Å²) in [6.45, 7) is 6.54. The average molecular weight is 360 g/mol. The maximum absolute atomic E-state index is 12.5. The lowest BCUT2D eigenvalue weighted by atomic mass is 9.52. The maximum atomic E-state index is 12.5. The summed E-state index contributed by atoms with van der Waals surface area (Å²) in [5.74, 6) is 2.04. The summed E-state index contributed by atoms with van der Waals surface area (Å²) in [6.07, 6.45) is 13.5. The largest absolute Gasteiger partial charge is 0.339 e. The quantitative estimate of drug-likeness (QED) is 0.782. The Morgan fingerprint density at radius 3 is 2.73 bits per heavy atom. The number of nitrogens with zero attached hydrogens (tertiary/aromatic N) is 2. The van der Waals surface area contributed by atoms with Crippen LogP contribution in [-0.2, 0) is 4.79 Å². The van der Waals surface area contributed by atoms with Crippen LogP contribution in [-0.4, -0.2) is 60.0 Å². The molecule has 0 spiro atoms. The highest BCUT2D eigenvalue weighted by molar-refractivity contribution is 5.73. The molecule has 1 N–H and O–H groups in total. The van der Waals surface area contributed by atoms with Gasteiger partial charge in [0.2, 0.25) is 5.91 Å². The normalized spacial score (nSPS) is 46.3. The van der Waals surface area contributed by atoms with Crippen LogP contribution in [0.2, 0.25) is 0 Å². The molecule has 4 heteroatoms. The van der Waals surface area contributed by atoms with Crippen molar-refractivity contribution < 1.29 is 4.79 Å². The lowest BCUT2D eigenvalue weighted by Crippen LogP contribution is -2.73. The van der Waals surface area contributed by atoms with Crippen LogP contribution < -0.4 is 5.32 Å². The Bertz CT molecular complexity index is 550. The zero-order valence-corrected chi connectivity index (χ0v) is 16.6. The molecule has 5 rings (SSSR count). The van der Waals surface area contributed by atoms with Crippen LogP contribution in [0.1, 0.15) is 71.1 Å². The lowest BCUT2D eigenvalue weighted by Gasteiger charge is -2.65. The number of fused-ring (bicyclic) bond motifs is 6. The molecule has 0 aromatic rings. The standard InChI is InChI=1S/C22H37N3O/c1-16(26)25-12-5-3-9-20(25)22-14-18(13-17-7-6-10-23-21(17)22)19-8-2-4-11-24(19)15-22/h17-21,23H,2-15H2,1H3/t17-,18-,19-,20+,21+,22+/m1/s1. The van der Waals surface area contributed by atoms with Gasteiger partial charge in [-0.25, -0.2) is 0 Å². The molecule has 5 fully saturated rings. The van der Waals surface area contributed by atoms with Gasteiger partial charge in [-0.2, -0.15) is 0 Å². The summed E-state index contributed by atoms with van der Waals surface area (Å²) >= 11 is 0. The molecule has 0 unspecified atom stereocenters. The highest BCUT2D eigenvalue weighted by Gasteiger charge is 2.60. The van der Waals surface area contributed by atoms with E-state index in [1.165, 1.54) is 83.8 Å². The highest BCUT2D eigenvalue weighted by Crippen LogP contribution is 2.56. The second-order valence-electron chi connectivity index (χ2n) is 10.0. The SMILES string of the molecule is CC(=O)N1CCCC[C@H]1[C@@]12C[C@@H](C[C@H]3CCCN[C@@H]31)[C@H]1CCCCN1C2. The molecule has 0 radical (unpaired) electrons. The molecule has 4 nitrogen and oxygen atoms in total. The molecular formula is C22H37N3O. The molecule has 1 amide bonds. The number of hydrogen-bond acceptors (Lipinski definition) is 3. The highest BCUT2D eigenvalue weighted by atomic mass is 16.2. The van der Waals surface area contributed by atoms with Crippen LogP contribution in [0, 0.1) is 17.3 Å². The van der Waals surface area contributed by atoms with Gasteiger partial charge < -0.3 is 10.2 Å². The predicted molar refractivity (Wildman–Crippen MR) is 104 cm³/mol. The van der Waals surface area contributed by atoms with Gasteiger partial charge in [-0.3, -0.25) is 9.69 Å². The summed E-state index contributed by atoms with van der Waals surface area (Å²) < 4.78 is 0. The number of nitrogens with one attached hydrogen (secondary N) is 1. The number of rotatable bonds is 1. The van der Waals surface area contributed by atoms with Crippen LogP contribution in [0.25, 0.3) is 0 Å². The fourth-order valence-electron chi connectivity index (χ4n) is 7.91. The van der Waals surface area contributed by atoms with E-state index in [1.54, 1.807) is 0 Å². The van der Waals surface area contributed by atoms with Crippen molar-refractivity contribution in [3.8, 4) is 0 Å². The zero-order valence-electron chi connectivity index (χ0n) is 16.6. The van der Waals surface area contributed by atoms with E-state index in [0.717, 1.165) is 24.4 Å². The average Bonchev–Trinajstić information content (AvgIpc) is 2.68. The lowest BCUT2D eigenvalue weighted by molar-refractivity contribution is -0.157. The fourth-order valence-corrected chi connectivity index (χ4v) is 7.91. The summed E-state index contributed by atoms with van der Waals surface area (Å²) in [7, 11) is 0. The van der Waals surface area contributed by atoms with Crippen LogP contribution in [0.3, 0.4) is 0 Å². The van der Waals surface area contributed by atoms with Gasteiger partial charge in [0, 0.05) is 43.6 Å². The fraction of sp³-hybridized carbons (Fsp3) is 0.955. The van der Waals surface area contributed by atoms with E-state index < -0.39 is 0 Å². The molecule has 2 bridgehead atoms. The molecule has 146 valence electrons. The number of likely N-dealkylation sites (tertiary alicyclic amines) is 1. The third-order valence-corrected chi connectivity index (χ3v) is 8.73. The topological polar surface area (TPSA) is 35.6 Å². The van der Waals surface area contributed by atoms with Gasteiger partial charge >= 0.3 is 0 Å². The van der Waals surface area contributed by atoms with Crippen molar-refractivity contribution in [1.82, 2.24) is 15.1 Å². The van der Waals surface area contributed by atoms with Crippen molar-refractivity contribution in [1.29, 1.82) is 0 Å². The Balaban J connectivity index is 1.54. The van der Waals surface area contributed by atoms with E-state index in [2.05, 4.69) is 15.1 Å². The maximum Gasteiger partial charge on any atom is 0.219 e. The summed E-state index contributed by atoms with van der Waals surface area (Å²) in [4.78, 5) is 17.7. The Hall–Kier alpha value is -0.610.